The maximum atomic E-state index is 4.27. The summed E-state index contributed by atoms with van der Waals surface area (Å²) in [6.45, 7) is 13.3. The lowest BCUT2D eigenvalue weighted by molar-refractivity contribution is -0.703. The van der Waals surface area contributed by atoms with Gasteiger partial charge >= 0.3 is 0 Å². The Balaban J connectivity index is 2.02. The van der Waals surface area contributed by atoms with E-state index < -0.39 is 0 Å². The van der Waals surface area contributed by atoms with Gasteiger partial charge in [-0.2, -0.15) is 0 Å². The van der Waals surface area contributed by atoms with Gasteiger partial charge in [-0.3, -0.25) is 0 Å². The van der Waals surface area contributed by atoms with Gasteiger partial charge in [-0.1, -0.05) is 13.8 Å². The van der Waals surface area contributed by atoms with Gasteiger partial charge in [-0.25, -0.2) is 14.1 Å². The fraction of sp³-hybridized carbons (Fsp3) is 0.647. The number of imidazole rings is 2. The molecule has 21 heavy (non-hydrogen) atoms. The van der Waals surface area contributed by atoms with Gasteiger partial charge < -0.3 is 4.57 Å². The summed E-state index contributed by atoms with van der Waals surface area (Å²) in [5.74, 6) is 2.45. The lowest BCUT2D eigenvalue weighted by Crippen LogP contribution is -2.39. The van der Waals surface area contributed by atoms with Crippen molar-refractivity contribution in [3.63, 3.8) is 0 Å². The van der Waals surface area contributed by atoms with E-state index in [9.17, 15) is 0 Å². The lowest BCUT2D eigenvalue weighted by Gasteiger charge is -2.24. The zero-order valence-corrected chi connectivity index (χ0v) is 14.1. The van der Waals surface area contributed by atoms with Crippen LogP contribution in [0.15, 0.2) is 24.8 Å². The SMILES string of the molecule is CCC(C)(CC)n1cc[n+](CCCn2ccnc2C)c1C. The summed E-state index contributed by atoms with van der Waals surface area (Å²) in [4.78, 5) is 4.27. The minimum atomic E-state index is 0.232. The molecular weight excluding hydrogens is 260 g/mol. The number of aromatic nitrogens is 4. The van der Waals surface area contributed by atoms with E-state index in [0.29, 0.717) is 0 Å². The van der Waals surface area contributed by atoms with Crippen LogP contribution in [0, 0.1) is 13.8 Å². The second-order valence-electron chi connectivity index (χ2n) is 6.13. The highest BCUT2D eigenvalue weighted by molar-refractivity contribution is 4.91. The minimum Gasteiger partial charge on any atom is -0.335 e. The number of rotatable bonds is 7. The summed E-state index contributed by atoms with van der Waals surface area (Å²) in [5.41, 5.74) is 0.232. The monoisotopic (exact) mass is 289 g/mol. The molecule has 0 aromatic carbocycles. The first-order valence-corrected chi connectivity index (χ1v) is 8.07. The Morgan fingerprint density at radius 1 is 1.19 bits per heavy atom. The van der Waals surface area contributed by atoms with Crippen molar-refractivity contribution in [3.05, 3.63) is 36.4 Å². The Morgan fingerprint density at radius 2 is 1.90 bits per heavy atom. The molecule has 2 aromatic heterocycles. The predicted octanol–water partition coefficient (Wildman–Crippen LogP) is 3.21. The molecule has 2 aromatic rings. The van der Waals surface area contributed by atoms with Crippen molar-refractivity contribution in [2.45, 2.75) is 72.5 Å². The molecule has 0 saturated heterocycles. The van der Waals surface area contributed by atoms with Gasteiger partial charge in [0.25, 0.3) is 5.82 Å². The first-order chi connectivity index (χ1) is 10.0. The molecule has 2 rings (SSSR count). The van der Waals surface area contributed by atoms with Gasteiger partial charge in [0.1, 0.15) is 23.8 Å². The van der Waals surface area contributed by atoms with E-state index in [4.69, 9.17) is 0 Å². The first-order valence-electron chi connectivity index (χ1n) is 8.07. The van der Waals surface area contributed by atoms with Crippen molar-refractivity contribution >= 4 is 0 Å². The van der Waals surface area contributed by atoms with Crippen molar-refractivity contribution in [1.82, 2.24) is 14.1 Å². The van der Waals surface area contributed by atoms with Crippen molar-refractivity contribution in [1.29, 1.82) is 0 Å². The second kappa shape index (κ2) is 6.46. The molecule has 0 atom stereocenters. The number of hydrogen-bond acceptors (Lipinski definition) is 1. The lowest BCUT2D eigenvalue weighted by atomic mass is 9.95. The average Bonchev–Trinajstić information content (AvgIpc) is 3.06. The van der Waals surface area contributed by atoms with E-state index in [0.717, 1.165) is 38.2 Å². The topological polar surface area (TPSA) is 26.6 Å². The molecule has 0 unspecified atom stereocenters. The molecule has 0 fully saturated rings. The third-order valence-electron chi connectivity index (χ3n) is 4.99. The van der Waals surface area contributed by atoms with Crippen LogP contribution in [0.25, 0.3) is 0 Å². The van der Waals surface area contributed by atoms with Gasteiger partial charge in [-0.15, -0.1) is 0 Å². The Kier molecular flexibility index (Phi) is 4.86. The first kappa shape index (κ1) is 15.8. The molecule has 0 amide bonds. The molecule has 0 spiro atoms. The van der Waals surface area contributed by atoms with Crippen LogP contribution in [0.2, 0.25) is 0 Å². The third-order valence-corrected chi connectivity index (χ3v) is 4.99. The third kappa shape index (κ3) is 3.20. The second-order valence-corrected chi connectivity index (χ2v) is 6.13. The van der Waals surface area contributed by atoms with E-state index in [-0.39, 0.29) is 5.54 Å². The van der Waals surface area contributed by atoms with Crippen LogP contribution in [0.5, 0.6) is 0 Å². The quantitative estimate of drug-likeness (QED) is 0.719. The normalized spacial score (nSPS) is 12.0. The number of aryl methyl sites for hydroxylation is 3. The molecule has 0 radical (unpaired) electrons. The van der Waals surface area contributed by atoms with Crippen LogP contribution in [-0.2, 0) is 18.6 Å². The maximum Gasteiger partial charge on any atom is 0.253 e. The van der Waals surface area contributed by atoms with E-state index >= 15 is 0 Å². The minimum absolute atomic E-state index is 0.232. The number of hydrogen-bond donors (Lipinski definition) is 0. The van der Waals surface area contributed by atoms with E-state index in [1.165, 1.54) is 5.82 Å². The molecule has 2 heterocycles. The summed E-state index contributed by atoms with van der Waals surface area (Å²) < 4.78 is 7.03. The fourth-order valence-electron chi connectivity index (χ4n) is 2.95. The van der Waals surface area contributed by atoms with Crippen molar-refractivity contribution < 1.29 is 4.57 Å². The van der Waals surface area contributed by atoms with Crippen molar-refractivity contribution in [2.75, 3.05) is 0 Å². The fourth-order valence-corrected chi connectivity index (χ4v) is 2.95. The van der Waals surface area contributed by atoms with Gasteiger partial charge in [0, 0.05) is 32.3 Å². The van der Waals surface area contributed by atoms with Gasteiger partial charge in [0.15, 0.2) is 0 Å². The summed E-state index contributed by atoms with van der Waals surface area (Å²) in [7, 11) is 0. The average molecular weight is 289 g/mol. The maximum absolute atomic E-state index is 4.27. The molecular formula is C17H29N4+. The van der Waals surface area contributed by atoms with Gasteiger partial charge in [0.05, 0.1) is 6.54 Å². The standard InChI is InChI=1S/C17H29N4/c1-6-17(5,7-2)21-14-13-20(16(21)4)11-8-10-19-12-9-18-15(19)3/h9,12-14H,6-8,10-11H2,1-5H3/q+1. The highest BCUT2D eigenvalue weighted by Crippen LogP contribution is 2.24. The van der Waals surface area contributed by atoms with Crippen LogP contribution in [-0.4, -0.2) is 14.1 Å². The molecule has 4 heteroatoms. The van der Waals surface area contributed by atoms with Crippen molar-refractivity contribution in [2.24, 2.45) is 0 Å². The van der Waals surface area contributed by atoms with E-state index in [1.807, 2.05) is 6.20 Å². The van der Waals surface area contributed by atoms with Gasteiger partial charge in [-0.05, 0) is 26.7 Å². The molecule has 0 aliphatic rings. The summed E-state index contributed by atoms with van der Waals surface area (Å²) in [6, 6.07) is 0. The molecule has 0 aliphatic heterocycles. The zero-order chi connectivity index (χ0) is 15.5. The van der Waals surface area contributed by atoms with Crippen molar-refractivity contribution in [3.8, 4) is 0 Å². The Hall–Kier alpha value is -1.58. The van der Waals surface area contributed by atoms with E-state index in [2.05, 4.69) is 71.9 Å². The smallest absolute Gasteiger partial charge is 0.253 e. The molecule has 4 nitrogen and oxygen atoms in total. The summed E-state index contributed by atoms with van der Waals surface area (Å²) >= 11 is 0. The molecule has 116 valence electrons. The van der Waals surface area contributed by atoms with E-state index in [1.54, 1.807) is 0 Å². The predicted molar refractivity (Wildman–Crippen MR) is 85.2 cm³/mol. The van der Waals surface area contributed by atoms with Crippen LogP contribution in [0.1, 0.15) is 51.7 Å². The molecule has 0 N–H and O–H groups in total. The highest BCUT2D eigenvalue weighted by Gasteiger charge is 2.30. The number of nitrogens with zero attached hydrogens (tertiary/aromatic N) is 4. The van der Waals surface area contributed by atoms with Crippen LogP contribution in [0.3, 0.4) is 0 Å². The molecule has 0 aliphatic carbocycles. The Labute approximate surface area is 128 Å². The zero-order valence-electron chi connectivity index (χ0n) is 14.1. The summed E-state index contributed by atoms with van der Waals surface area (Å²) in [6.07, 6.45) is 11.8. The largest absolute Gasteiger partial charge is 0.335 e. The van der Waals surface area contributed by atoms with Crippen LogP contribution >= 0.6 is 0 Å². The Bertz CT molecular complexity index is 575. The van der Waals surface area contributed by atoms with Crippen LogP contribution in [0.4, 0.5) is 0 Å². The van der Waals surface area contributed by atoms with Gasteiger partial charge in [0.2, 0.25) is 0 Å². The molecule has 0 bridgehead atoms. The summed E-state index contributed by atoms with van der Waals surface area (Å²) in [5, 5.41) is 0. The highest BCUT2D eigenvalue weighted by atomic mass is 15.2. The van der Waals surface area contributed by atoms with Crippen LogP contribution < -0.4 is 4.57 Å². The Morgan fingerprint density at radius 3 is 2.48 bits per heavy atom. The molecule has 0 saturated carbocycles.